The second-order valence-electron chi connectivity index (χ2n) is 5.19. The van der Waals surface area contributed by atoms with Gasteiger partial charge in [0.05, 0.1) is 23.0 Å². The van der Waals surface area contributed by atoms with Crippen LogP contribution in [0.15, 0.2) is 12.7 Å². The fraction of sp³-hybridized carbons (Fsp3) is 0.462. The van der Waals surface area contributed by atoms with Crippen LogP contribution >= 0.6 is 7.60 Å². The number of nitrogens with zero attached hydrogens (tertiary/aromatic N) is 4. The lowest BCUT2D eigenvalue weighted by atomic mass is 10.4. The van der Waals surface area contributed by atoms with Crippen molar-refractivity contribution in [3.8, 4) is 0 Å². The average Bonchev–Trinajstić information content (AvgIpc) is 3.15. The van der Waals surface area contributed by atoms with Crippen molar-refractivity contribution in [1.82, 2.24) is 19.5 Å². The first kappa shape index (κ1) is 16.9. The Bertz CT molecular complexity index is 1260. The molecule has 2 atom stereocenters. The van der Waals surface area contributed by atoms with Crippen molar-refractivity contribution in [3.05, 3.63) is 12.7 Å². The first-order valence-corrected chi connectivity index (χ1v) is 9.03. The van der Waals surface area contributed by atoms with Crippen LogP contribution in [-0.4, -0.2) is 61.1 Å². The molecule has 172 valence electrons. The number of carbonyl (C=O) groups excluding carboxylic acids is 2. The summed E-state index contributed by atoms with van der Waals surface area (Å²) in [5.41, 5.74) is -1.54. The minimum Gasteiger partial charge on any atom is -0.383 e. The highest BCUT2D eigenvalue weighted by Gasteiger charge is 2.45. The third-order valence-corrected chi connectivity index (χ3v) is 3.78. The molecule has 18 heteroatoms. The summed E-state index contributed by atoms with van der Waals surface area (Å²) in [6.07, 6.45) is -16.3. The number of carbonyl (C=O) groups is 2. The number of nitrogens with one attached hydrogen (secondary N) is 1. The van der Waals surface area contributed by atoms with E-state index < -0.39 is 74.6 Å². The van der Waals surface area contributed by atoms with Gasteiger partial charge < -0.3 is 24.0 Å². The van der Waals surface area contributed by atoms with Crippen LogP contribution < -0.4 is 5.32 Å². The number of rotatable bonds is 7. The molecule has 0 saturated heterocycles. The normalized spacial score (nSPS) is 20.1. The predicted molar refractivity (Wildman–Crippen MR) is 87.4 cm³/mol. The maximum atomic E-state index is 12.6. The van der Waals surface area contributed by atoms with E-state index in [-0.39, 0.29) is 4.57 Å². The largest absolute Gasteiger partial charge is 0.491 e. The summed E-state index contributed by atoms with van der Waals surface area (Å²) in [5.74, 6) is -6.59. The lowest BCUT2D eigenvalue weighted by Crippen LogP contribution is -2.30. The monoisotopic (exact) mass is 485 g/mol. The van der Waals surface area contributed by atoms with E-state index in [2.05, 4.69) is 24.2 Å². The van der Waals surface area contributed by atoms with E-state index in [1.165, 1.54) is 5.32 Å². The Morgan fingerprint density at radius 1 is 1.32 bits per heavy atom. The van der Waals surface area contributed by atoms with Crippen LogP contribution in [0.5, 0.6) is 0 Å². The molecular formula is C13H12F6N5O6P. The van der Waals surface area contributed by atoms with Gasteiger partial charge in [0.1, 0.15) is 6.33 Å². The highest BCUT2D eigenvalue weighted by molar-refractivity contribution is 7.53. The first-order chi connectivity index (χ1) is 16.4. The molecule has 0 fully saturated rings. The summed E-state index contributed by atoms with van der Waals surface area (Å²) < 4.78 is 141. The minimum absolute atomic E-state index is 0.122. The lowest BCUT2D eigenvalue weighted by molar-refractivity contribution is -0.190. The quantitative estimate of drug-likeness (QED) is 0.444. The van der Waals surface area contributed by atoms with E-state index >= 15 is 0 Å². The van der Waals surface area contributed by atoms with Crippen LogP contribution in [0, 0.1) is 0 Å². The molecule has 2 N–H and O–H groups in total. The molecule has 2 heterocycles. The van der Waals surface area contributed by atoms with Crippen LogP contribution in [0.1, 0.15) is 15.1 Å². The lowest BCUT2D eigenvalue weighted by Gasteiger charge is -2.17. The number of ether oxygens (including phenoxy) is 1. The molecule has 1 amide bonds. The molecule has 0 spiro atoms. The van der Waals surface area contributed by atoms with Gasteiger partial charge >= 0.3 is 31.8 Å². The zero-order valence-electron chi connectivity index (χ0n) is 20.4. The number of hydrogen-bond donors (Lipinski definition) is 2. The Hall–Kier alpha value is -2.78. The van der Waals surface area contributed by atoms with E-state index in [1.807, 2.05) is 0 Å². The van der Waals surface area contributed by atoms with Gasteiger partial charge in [-0.1, -0.05) is 0 Å². The van der Waals surface area contributed by atoms with Gasteiger partial charge in [0.2, 0.25) is 0 Å². The van der Waals surface area contributed by atoms with E-state index in [4.69, 9.17) is 8.22 Å². The van der Waals surface area contributed by atoms with Gasteiger partial charge in [0.15, 0.2) is 23.3 Å². The fourth-order valence-electron chi connectivity index (χ4n) is 1.68. The topological polar surface area (TPSA) is 146 Å². The second kappa shape index (κ2) is 8.76. The van der Waals surface area contributed by atoms with Crippen molar-refractivity contribution < 1.29 is 62.9 Å². The molecule has 31 heavy (non-hydrogen) atoms. The number of alkyl halides is 6. The van der Waals surface area contributed by atoms with Gasteiger partial charge in [-0.05, 0) is 6.85 Å². The van der Waals surface area contributed by atoms with Gasteiger partial charge in [-0.15, -0.1) is 0 Å². The van der Waals surface area contributed by atoms with Crippen molar-refractivity contribution in [2.45, 2.75) is 31.8 Å². The van der Waals surface area contributed by atoms with Gasteiger partial charge in [-0.25, -0.2) is 24.3 Å². The molecule has 0 saturated carbocycles. The Morgan fingerprint density at radius 3 is 2.58 bits per heavy atom. The van der Waals surface area contributed by atoms with E-state index in [9.17, 15) is 45.4 Å². The number of aromatic nitrogens is 4. The number of anilines is 1. The summed E-state index contributed by atoms with van der Waals surface area (Å²) in [7, 11) is -5.78. The number of fused-ring (bicyclic) bond motifs is 1. The molecule has 0 aliphatic heterocycles. The third kappa shape index (κ3) is 6.60. The molecule has 2 aromatic rings. The summed E-state index contributed by atoms with van der Waals surface area (Å²) in [5, 5.41) is 1.32. The van der Waals surface area contributed by atoms with Crippen LogP contribution in [0.25, 0.3) is 11.2 Å². The molecule has 0 aliphatic carbocycles. The van der Waals surface area contributed by atoms with Gasteiger partial charge in [0.25, 0.3) is 0 Å². The maximum Gasteiger partial charge on any atom is 0.491 e. The smallest absolute Gasteiger partial charge is 0.383 e. The SMILES string of the molecule is [2H]C([2H])([2H])C([2H])(OCP(=O)(O)OC(=O)C(F)(F)F)C([2H])([2H])n1cnc2c(NC(=O)C(F)(F)F)ncnc21. The third-order valence-electron chi connectivity index (χ3n) is 2.87. The number of hydrogen-bond acceptors (Lipinski definition) is 8. The molecule has 0 aromatic carbocycles. The molecule has 11 nitrogen and oxygen atoms in total. The Morgan fingerprint density at radius 2 is 2.00 bits per heavy atom. The summed E-state index contributed by atoms with van der Waals surface area (Å²) in [6, 6.07) is 0. The zero-order valence-corrected chi connectivity index (χ0v) is 15.2. The fourth-order valence-corrected chi connectivity index (χ4v) is 2.39. The Labute approximate surface area is 176 Å². The van der Waals surface area contributed by atoms with Gasteiger partial charge in [0, 0.05) is 4.11 Å². The molecule has 0 bridgehead atoms. The average molecular weight is 485 g/mol. The molecular weight excluding hydrogens is 467 g/mol. The standard InChI is InChI=1S/C13H12F6N5O6P/c1-6(29-5-31(27,28)30-11(26)13(17,18)19)2-24-4-22-7-8(20-3-21-9(7)24)23-10(25)12(14,15)16/h3-4,6H,2,5H2,1H3,(H,27,28)(H,20,21,23,25)/i1D3,2D2,6D. The van der Waals surface area contributed by atoms with Crippen molar-refractivity contribution in [2.75, 3.05) is 11.7 Å². The van der Waals surface area contributed by atoms with Crippen molar-refractivity contribution in [3.63, 3.8) is 0 Å². The maximum absolute atomic E-state index is 12.6. The van der Waals surface area contributed by atoms with Gasteiger partial charge in [-0.3, -0.25) is 4.79 Å². The van der Waals surface area contributed by atoms with Crippen LogP contribution in [0.2, 0.25) is 0 Å². The highest BCUT2D eigenvalue weighted by Crippen LogP contribution is 2.44. The Balaban J connectivity index is 2.50. The summed E-state index contributed by atoms with van der Waals surface area (Å²) in [6.45, 7) is -7.64. The minimum atomic E-state index is -5.78. The van der Waals surface area contributed by atoms with E-state index in [0.717, 1.165) is 0 Å². The predicted octanol–water partition coefficient (Wildman–Crippen LogP) is 1.98. The Kier molecular flexibility index (Phi) is 4.76. The van der Waals surface area contributed by atoms with Crippen molar-refractivity contribution in [2.24, 2.45) is 0 Å². The number of imidazole rings is 1. The summed E-state index contributed by atoms with van der Waals surface area (Å²) in [4.78, 5) is 41.8. The number of halogens is 6. The second-order valence-corrected chi connectivity index (χ2v) is 6.90. The molecule has 2 unspecified atom stereocenters. The van der Waals surface area contributed by atoms with E-state index in [1.54, 1.807) is 0 Å². The van der Waals surface area contributed by atoms with Crippen molar-refractivity contribution in [1.29, 1.82) is 0 Å². The van der Waals surface area contributed by atoms with Crippen LogP contribution in [0.4, 0.5) is 32.2 Å². The zero-order chi connectivity index (χ0) is 28.8. The van der Waals surface area contributed by atoms with Crippen molar-refractivity contribution >= 4 is 36.5 Å². The highest BCUT2D eigenvalue weighted by atomic mass is 31.2. The molecule has 2 rings (SSSR count). The molecule has 2 aromatic heterocycles. The number of amides is 1. The molecule has 0 aliphatic rings. The van der Waals surface area contributed by atoms with E-state index in [0.29, 0.717) is 12.7 Å². The first-order valence-electron chi connectivity index (χ1n) is 10.3. The van der Waals surface area contributed by atoms with Crippen LogP contribution in [0.3, 0.4) is 0 Å². The van der Waals surface area contributed by atoms with Crippen LogP contribution in [-0.2, 0) is 29.9 Å². The van der Waals surface area contributed by atoms with Gasteiger partial charge in [-0.2, -0.15) is 26.3 Å². The molecule has 0 radical (unpaired) electrons. The summed E-state index contributed by atoms with van der Waals surface area (Å²) >= 11 is 0.